The molecule has 0 bridgehead atoms. The van der Waals surface area contributed by atoms with Crippen LogP contribution in [-0.4, -0.2) is 54.5 Å². The largest absolute Gasteiger partial charge is 0.462 e. The molecule has 2 aliphatic heterocycles. The number of carbonyl (C=O) groups excluding carboxylic acids is 3. The molecule has 2 heterocycles. The first kappa shape index (κ1) is 20.0. The van der Waals surface area contributed by atoms with Crippen LogP contribution in [0, 0.1) is 5.92 Å². The van der Waals surface area contributed by atoms with Crippen LogP contribution in [0.15, 0.2) is 53.5 Å². The summed E-state index contributed by atoms with van der Waals surface area (Å²) >= 11 is 0. The zero-order valence-corrected chi connectivity index (χ0v) is 16.8. The van der Waals surface area contributed by atoms with E-state index in [0.717, 1.165) is 11.4 Å². The number of rotatable bonds is 5. The molecule has 154 valence electrons. The quantitative estimate of drug-likeness (QED) is 0.773. The number of nitrogens with zero attached hydrogens (tertiary/aromatic N) is 2. The predicted molar refractivity (Wildman–Crippen MR) is 113 cm³/mol. The van der Waals surface area contributed by atoms with Crippen molar-refractivity contribution < 1.29 is 19.1 Å². The van der Waals surface area contributed by atoms with Crippen LogP contribution in [0.2, 0.25) is 0 Å². The number of aliphatic imine (C=N–C) groups is 1. The molecule has 7 nitrogen and oxygen atoms in total. The number of hydrogen-bond donors (Lipinski definition) is 1. The van der Waals surface area contributed by atoms with Crippen molar-refractivity contribution in [1.82, 2.24) is 4.90 Å². The van der Waals surface area contributed by atoms with E-state index in [-0.39, 0.29) is 30.1 Å². The van der Waals surface area contributed by atoms with Crippen LogP contribution < -0.4 is 5.32 Å². The molecular formula is C23H23N3O4. The standard InChI is InChI=1S/C23H23N3O4/c1-2-30-23(29)15-7-9-16(10-8-15)24-21(27)14-26-12-11-20-18(13-26)22(28)17-5-3-4-6-19(17)25-20/h3-10,18H,2,11-14H2,1H3,(H,24,27). The number of benzene rings is 2. The third-order valence-corrected chi connectivity index (χ3v) is 5.32. The van der Waals surface area contributed by atoms with Crippen LogP contribution >= 0.6 is 0 Å². The van der Waals surface area contributed by atoms with E-state index in [4.69, 9.17) is 4.74 Å². The van der Waals surface area contributed by atoms with E-state index in [9.17, 15) is 14.4 Å². The van der Waals surface area contributed by atoms with Gasteiger partial charge in [-0.2, -0.15) is 0 Å². The van der Waals surface area contributed by atoms with Crippen molar-refractivity contribution in [3.8, 4) is 0 Å². The number of anilines is 1. The first-order valence-corrected chi connectivity index (χ1v) is 10.0. The van der Waals surface area contributed by atoms with Gasteiger partial charge in [-0.1, -0.05) is 12.1 Å². The third-order valence-electron chi connectivity index (χ3n) is 5.32. The molecule has 1 atom stereocenters. The van der Waals surface area contributed by atoms with Gasteiger partial charge in [-0.15, -0.1) is 0 Å². The van der Waals surface area contributed by atoms with Gasteiger partial charge in [0.25, 0.3) is 0 Å². The molecular weight excluding hydrogens is 382 g/mol. The van der Waals surface area contributed by atoms with Gasteiger partial charge >= 0.3 is 5.97 Å². The average molecular weight is 405 g/mol. The first-order valence-electron chi connectivity index (χ1n) is 10.0. The summed E-state index contributed by atoms with van der Waals surface area (Å²) in [5, 5.41) is 2.84. The van der Waals surface area contributed by atoms with Crippen LogP contribution in [-0.2, 0) is 9.53 Å². The second-order valence-corrected chi connectivity index (χ2v) is 7.37. The lowest BCUT2D eigenvalue weighted by molar-refractivity contribution is -0.117. The Morgan fingerprint density at radius 2 is 1.93 bits per heavy atom. The van der Waals surface area contributed by atoms with Crippen molar-refractivity contribution in [3.05, 3.63) is 59.7 Å². The fourth-order valence-corrected chi connectivity index (χ4v) is 3.84. The van der Waals surface area contributed by atoms with E-state index >= 15 is 0 Å². The number of ether oxygens (including phenoxy) is 1. The topological polar surface area (TPSA) is 88.1 Å². The number of amides is 1. The molecule has 0 aliphatic carbocycles. The van der Waals surface area contributed by atoms with Gasteiger partial charge in [-0.05, 0) is 49.7 Å². The zero-order chi connectivity index (χ0) is 21.1. The fraction of sp³-hybridized carbons (Fsp3) is 0.304. The maximum atomic E-state index is 12.9. The highest BCUT2D eigenvalue weighted by Crippen LogP contribution is 2.31. The Hall–Kier alpha value is -3.32. The average Bonchev–Trinajstić information content (AvgIpc) is 2.75. The van der Waals surface area contributed by atoms with E-state index in [2.05, 4.69) is 10.3 Å². The summed E-state index contributed by atoms with van der Waals surface area (Å²) in [6, 6.07) is 14.0. The molecule has 1 saturated heterocycles. The minimum atomic E-state index is -0.389. The Morgan fingerprint density at radius 3 is 2.70 bits per heavy atom. The van der Waals surface area contributed by atoms with Gasteiger partial charge in [0, 0.05) is 30.1 Å². The first-order chi connectivity index (χ1) is 14.5. The van der Waals surface area contributed by atoms with E-state index in [1.165, 1.54) is 0 Å². The normalized spacial score (nSPS) is 18.1. The Morgan fingerprint density at radius 1 is 1.17 bits per heavy atom. The number of fused-ring (bicyclic) bond motifs is 2. The fourth-order valence-electron chi connectivity index (χ4n) is 3.84. The van der Waals surface area contributed by atoms with Gasteiger partial charge in [0.05, 0.1) is 30.3 Å². The molecule has 0 saturated carbocycles. The highest BCUT2D eigenvalue weighted by Gasteiger charge is 2.36. The number of esters is 1. The predicted octanol–water partition coefficient (Wildman–Crippen LogP) is 3.09. The number of ketones is 1. The van der Waals surface area contributed by atoms with E-state index in [1.807, 2.05) is 29.2 Å². The summed E-state index contributed by atoms with van der Waals surface area (Å²) in [5.41, 5.74) is 3.35. The highest BCUT2D eigenvalue weighted by molar-refractivity contribution is 6.18. The number of para-hydroxylation sites is 1. The molecule has 0 radical (unpaired) electrons. The third kappa shape index (κ3) is 4.16. The molecule has 2 aromatic rings. The molecule has 2 aromatic carbocycles. The van der Waals surface area contributed by atoms with E-state index in [1.54, 1.807) is 31.2 Å². The molecule has 1 N–H and O–H groups in total. The van der Waals surface area contributed by atoms with Gasteiger partial charge in [0.1, 0.15) is 0 Å². The molecule has 1 fully saturated rings. The summed E-state index contributed by atoms with van der Waals surface area (Å²) in [6.07, 6.45) is 0.673. The van der Waals surface area contributed by atoms with Crippen molar-refractivity contribution in [2.75, 3.05) is 31.6 Å². The molecule has 0 spiro atoms. The molecule has 1 unspecified atom stereocenters. The maximum absolute atomic E-state index is 12.9. The molecule has 4 rings (SSSR count). The molecule has 7 heteroatoms. The number of Topliss-reactive ketones (excluding diaryl/α,β-unsaturated/α-hetero) is 1. The minimum Gasteiger partial charge on any atom is -0.462 e. The van der Waals surface area contributed by atoms with Crippen molar-refractivity contribution in [1.29, 1.82) is 0 Å². The van der Waals surface area contributed by atoms with Crippen molar-refractivity contribution in [2.45, 2.75) is 13.3 Å². The number of carbonyl (C=O) groups is 3. The summed E-state index contributed by atoms with van der Waals surface area (Å²) in [5.74, 6) is -0.761. The Kier molecular flexibility index (Phi) is 5.72. The smallest absolute Gasteiger partial charge is 0.338 e. The lowest BCUT2D eigenvalue weighted by Crippen LogP contribution is -2.47. The number of piperidine rings is 1. The van der Waals surface area contributed by atoms with Crippen LogP contribution in [0.3, 0.4) is 0 Å². The summed E-state index contributed by atoms with van der Waals surface area (Å²) in [4.78, 5) is 43.7. The monoisotopic (exact) mass is 405 g/mol. The summed E-state index contributed by atoms with van der Waals surface area (Å²) in [7, 11) is 0. The van der Waals surface area contributed by atoms with Gasteiger partial charge in [0.2, 0.25) is 5.91 Å². The molecule has 0 aromatic heterocycles. The second kappa shape index (κ2) is 8.59. The Labute approximate surface area is 174 Å². The minimum absolute atomic E-state index is 0.0789. The Bertz CT molecular complexity index is 1010. The summed E-state index contributed by atoms with van der Waals surface area (Å²) < 4.78 is 4.95. The van der Waals surface area contributed by atoms with Gasteiger partial charge in [0.15, 0.2) is 5.78 Å². The lowest BCUT2D eigenvalue weighted by atomic mass is 9.85. The lowest BCUT2D eigenvalue weighted by Gasteiger charge is -2.34. The van der Waals surface area contributed by atoms with Crippen molar-refractivity contribution >= 4 is 34.7 Å². The second-order valence-electron chi connectivity index (χ2n) is 7.37. The van der Waals surface area contributed by atoms with E-state index < -0.39 is 0 Å². The van der Waals surface area contributed by atoms with Crippen LogP contribution in [0.5, 0.6) is 0 Å². The number of likely N-dealkylation sites (tertiary alicyclic amines) is 1. The van der Waals surface area contributed by atoms with Crippen LogP contribution in [0.4, 0.5) is 11.4 Å². The van der Waals surface area contributed by atoms with Gasteiger partial charge in [-0.25, -0.2) is 4.79 Å². The van der Waals surface area contributed by atoms with Crippen LogP contribution in [0.1, 0.15) is 34.1 Å². The van der Waals surface area contributed by atoms with Crippen molar-refractivity contribution in [2.24, 2.45) is 10.9 Å². The highest BCUT2D eigenvalue weighted by atomic mass is 16.5. The zero-order valence-electron chi connectivity index (χ0n) is 16.8. The SMILES string of the molecule is CCOC(=O)c1ccc(NC(=O)CN2CCC3=Nc4ccccc4C(=O)C3C2)cc1. The van der Waals surface area contributed by atoms with E-state index in [0.29, 0.717) is 42.9 Å². The molecule has 1 amide bonds. The van der Waals surface area contributed by atoms with Gasteiger partial charge < -0.3 is 10.1 Å². The van der Waals surface area contributed by atoms with Crippen molar-refractivity contribution in [3.63, 3.8) is 0 Å². The summed E-state index contributed by atoms with van der Waals surface area (Å²) in [6.45, 7) is 3.43. The number of hydrogen-bond acceptors (Lipinski definition) is 6. The van der Waals surface area contributed by atoms with Gasteiger partial charge in [-0.3, -0.25) is 19.5 Å². The Balaban J connectivity index is 1.35. The maximum Gasteiger partial charge on any atom is 0.338 e. The molecule has 2 aliphatic rings. The number of nitrogens with one attached hydrogen (secondary N) is 1. The van der Waals surface area contributed by atoms with Crippen LogP contribution in [0.25, 0.3) is 0 Å². The molecule has 30 heavy (non-hydrogen) atoms.